The summed E-state index contributed by atoms with van der Waals surface area (Å²) in [6, 6.07) is 29.8. The van der Waals surface area contributed by atoms with E-state index in [1.807, 2.05) is 30.5 Å². The minimum Gasteiger partial charge on any atom is -0.388 e. The highest BCUT2D eigenvalue weighted by atomic mass is 19.1. The number of carbonyl (C=O) groups excluding carboxylic acids is 4. The number of β-amino-alcohol motifs (C(OH)–C–C–N with tert-alkyl or cyclic N) is 2. The van der Waals surface area contributed by atoms with Gasteiger partial charge in [-0.25, -0.2) is 42.2 Å². The quantitative estimate of drug-likeness (QED) is 0.0886. The van der Waals surface area contributed by atoms with Crippen LogP contribution in [0.25, 0.3) is 50.8 Å². The topological polar surface area (TPSA) is 337 Å². The van der Waals surface area contributed by atoms with E-state index in [1.54, 1.807) is 70.8 Å². The third kappa shape index (κ3) is 13.2. The highest BCUT2D eigenvalue weighted by Gasteiger charge is 2.48. The summed E-state index contributed by atoms with van der Waals surface area (Å²) in [6.07, 6.45) is 9.35. The van der Waals surface area contributed by atoms with Crippen molar-refractivity contribution in [3.05, 3.63) is 178 Å². The second kappa shape index (κ2) is 27.4. The molecule has 6 N–H and O–H groups in total. The normalized spacial score (nSPS) is 21.8. The monoisotopic (exact) mass is 1420 g/mol. The van der Waals surface area contributed by atoms with Crippen LogP contribution in [0.1, 0.15) is 111 Å². The van der Waals surface area contributed by atoms with Gasteiger partial charge in [0.15, 0.2) is 17.5 Å². The van der Waals surface area contributed by atoms with Crippen molar-refractivity contribution in [2.24, 2.45) is 5.41 Å². The number of nitriles is 3. The van der Waals surface area contributed by atoms with Gasteiger partial charge in [-0.3, -0.25) is 24.1 Å². The van der Waals surface area contributed by atoms with Crippen molar-refractivity contribution in [2.75, 3.05) is 93.7 Å². The summed E-state index contributed by atoms with van der Waals surface area (Å²) >= 11 is 0. The standard InChI is InChI=1S/C27H29FN8O.C24H20FN7O2.C24H23FN6O3/c1-33-10-12-34(13-11-33)19-5-3-8-35(17-19)24-7-9-36(32-24)23-14-21(31-22-16-30-27(37)26(22)23)25-18(15-29)4-2-6-20(25)28;25-15-3-1-2-14(11-26)20(15)16-10-18(21-17(29-16)12-28-22(21)33)32-8-4-19(30-32)31-9-6-24(13-31)5-7-27-23(24)34;1-23(33)11-24(2,34)13-30(12-23)19-6-7-31(29-19)18-8-16(28-17-10-27-22(32)21(17)18)20-14(9-26)4-3-5-15(20)25/h2,4,6-7,9,14,19H,3,5,8,10-13,16-17H2,1H3,(H,30,37);1-4,8,10H,5-7,9,12-13H2,(H,27,34)(H,28,33);3-8,33-34H,10-13H2,1-2H3,(H,27,32)/t;;23-,24-/m..0/s1. The third-order valence-electron chi connectivity index (χ3n) is 20.8. The molecule has 27 nitrogen and oxygen atoms in total. The molecule has 2 unspecified atom stereocenters. The van der Waals surface area contributed by atoms with Crippen LogP contribution in [0.2, 0.25) is 0 Å². The summed E-state index contributed by atoms with van der Waals surface area (Å²) in [6.45, 7) is 12.7. The molecule has 8 aliphatic heterocycles. The average molecular weight is 1420 g/mol. The maximum absolute atomic E-state index is 14.8. The number of halogens is 3. The molecule has 9 aromatic rings. The number of pyridine rings is 3. The van der Waals surface area contributed by atoms with Crippen molar-refractivity contribution in [2.45, 2.75) is 82.8 Å². The van der Waals surface area contributed by atoms with Gasteiger partial charge in [-0.2, -0.15) is 31.1 Å². The van der Waals surface area contributed by atoms with E-state index in [0.29, 0.717) is 93.8 Å². The fraction of sp³-hybridized carbons (Fsp3) is 0.347. The number of anilines is 3. The van der Waals surface area contributed by atoms with E-state index in [4.69, 9.17) is 10.2 Å². The van der Waals surface area contributed by atoms with E-state index >= 15 is 0 Å². The number of rotatable bonds is 10. The zero-order valence-corrected chi connectivity index (χ0v) is 57.7. The lowest BCUT2D eigenvalue weighted by Gasteiger charge is -2.44. The second-order valence-corrected chi connectivity index (χ2v) is 28.3. The second-order valence-electron chi connectivity index (χ2n) is 28.3. The van der Waals surface area contributed by atoms with Gasteiger partial charge in [-0.05, 0) is 101 Å². The first kappa shape index (κ1) is 68.9. The molecular weight excluding hydrogens is 1350 g/mol. The molecule has 4 atom stereocenters. The van der Waals surface area contributed by atoms with Crippen molar-refractivity contribution in [1.82, 2.24) is 75.4 Å². The molecule has 0 bridgehead atoms. The van der Waals surface area contributed by atoms with Crippen LogP contribution >= 0.6 is 0 Å². The Balaban J connectivity index is 0.000000127. The largest absolute Gasteiger partial charge is 0.388 e. The number of amides is 4. The molecule has 105 heavy (non-hydrogen) atoms. The molecule has 0 aliphatic carbocycles. The first-order chi connectivity index (χ1) is 50.6. The van der Waals surface area contributed by atoms with Crippen LogP contribution < -0.4 is 36.0 Å². The lowest BCUT2D eigenvalue weighted by Crippen LogP contribution is -2.57. The Kier molecular flexibility index (Phi) is 18.0. The van der Waals surface area contributed by atoms with Crippen molar-refractivity contribution in [1.29, 1.82) is 15.8 Å². The maximum atomic E-state index is 14.8. The molecule has 0 radical (unpaired) electrons. The molecule has 14 heterocycles. The van der Waals surface area contributed by atoms with E-state index in [0.717, 1.165) is 64.3 Å². The highest BCUT2D eigenvalue weighted by molar-refractivity contribution is 6.03. The number of piperazine rings is 1. The van der Waals surface area contributed by atoms with Gasteiger partial charge in [0.2, 0.25) is 5.91 Å². The molecule has 5 saturated heterocycles. The summed E-state index contributed by atoms with van der Waals surface area (Å²) in [5.41, 5.74) is 2.95. The van der Waals surface area contributed by atoms with Crippen molar-refractivity contribution in [3.8, 4) is 69.0 Å². The van der Waals surface area contributed by atoms with Gasteiger partial charge in [-0.1, -0.05) is 18.2 Å². The molecule has 4 amide bonds. The van der Waals surface area contributed by atoms with Crippen LogP contribution in [0, 0.1) is 56.9 Å². The zero-order chi connectivity index (χ0) is 73.2. The number of aliphatic hydroxyl groups is 2. The smallest absolute Gasteiger partial charge is 0.255 e. The number of hydrogen-bond donors (Lipinski definition) is 6. The van der Waals surface area contributed by atoms with Crippen LogP contribution in [0.15, 0.2) is 110 Å². The van der Waals surface area contributed by atoms with Crippen LogP contribution in [-0.2, 0) is 24.4 Å². The Bertz CT molecular complexity index is 5140. The Morgan fingerprint density at radius 1 is 0.505 bits per heavy atom. The molecule has 17 rings (SSSR count). The Morgan fingerprint density at radius 3 is 1.33 bits per heavy atom. The number of nitrogens with one attached hydrogen (secondary N) is 4. The lowest BCUT2D eigenvalue weighted by atomic mass is 9.84. The summed E-state index contributed by atoms with van der Waals surface area (Å²) in [4.78, 5) is 74.9. The van der Waals surface area contributed by atoms with Crippen LogP contribution in [-0.4, -0.2) is 184 Å². The number of hydrogen-bond acceptors (Lipinski definition) is 20. The minimum absolute atomic E-state index is 0.0592. The summed E-state index contributed by atoms with van der Waals surface area (Å²) in [7, 11) is 2.17. The van der Waals surface area contributed by atoms with Crippen molar-refractivity contribution < 1.29 is 42.6 Å². The van der Waals surface area contributed by atoms with Gasteiger partial charge in [0.1, 0.15) is 17.5 Å². The number of likely N-dealkylation sites (N-methyl/N-ethyl adjacent to an activating group) is 1. The number of piperidine rings is 2. The van der Waals surface area contributed by atoms with Gasteiger partial charge in [0.25, 0.3) is 17.7 Å². The van der Waals surface area contributed by atoms with Gasteiger partial charge >= 0.3 is 0 Å². The predicted molar refractivity (Wildman–Crippen MR) is 377 cm³/mol. The molecule has 3 aromatic carbocycles. The molecule has 534 valence electrons. The molecule has 1 spiro atoms. The lowest BCUT2D eigenvalue weighted by molar-refractivity contribution is -0.126. The van der Waals surface area contributed by atoms with E-state index < -0.39 is 28.7 Å². The van der Waals surface area contributed by atoms with Gasteiger partial charge < -0.3 is 51.1 Å². The molecule has 6 aromatic heterocycles. The predicted octanol–water partition coefficient (Wildman–Crippen LogP) is 6.21. The Morgan fingerprint density at radius 2 is 0.924 bits per heavy atom. The molecule has 0 saturated carbocycles. The number of carbonyl (C=O) groups is 4. The van der Waals surface area contributed by atoms with E-state index in [2.05, 4.69) is 74.0 Å². The Hall–Kier alpha value is -11.9. The van der Waals surface area contributed by atoms with E-state index in [1.165, 1.54) is 59.6 Å². The number of fused-ring (bicyclic) bond motifs is 3. The molecule has 5 fully saturated rings. The average Bonchev–Trinajstić information content (AvgIpc) is 1.66. The highest BCUT2D eigenvalue weighted by Crippen LogP contribution is 2.41. The summed E-state index contributed by atoms with van der Waals surface area (Å²) in [5.74, 6) is -0.352. The van der Waals surface area contributed by atoms with Gasteiger partial charge in [-0.15, -0.1) is 0 Å². The SMILES string of the molecule is CN1CCN(C2CCCN(c3ccn(-c4cc(-c5c(F)cccc5C#N)nc5c4C(=O)NC5)n3)C2)CC1.C[C@@]1(O)CN(c2ccn(-c3cc(-c4c(F)cccc4C#N)nc4c3C(=O)NC4)n2)C[C@@](C)(O)C1.N#Cc1cccc(F)c1-c1cc(-n2ccc(N3CCC4(CCNC4=O)C3)n2)c2c(n1)CNC2=O. The molecule has 30 heteroatoms. The van der Waals surface area contributed by atoms with Crippen molar-refractivity contribution in [3.63, 3.8) is 0 Å². The molecular formula is C75H72F3N21O6. The first-order valence-electron chi connectivity index (χ1n) is 34.7. The van der Waals surface area contributed by atoms with Gasteiger partial charge in [0, 0.05) is 121 Å². The summed E-state index contributed by atoms with van der Waals surface area (Å²) < 4.78 is 49.1. The van der Waals surface area contributed by atoms with Crippen molar-refractivity contribution >= 4 is 41.1 Å². The zero-order valence-electron chi connectivity index (χ0n) is 57.7. The number of benzene rings is 3. The Labute approximate surface area is 600 Å². The fourth-order valence-electron chi connectivity index (χ4n) is 15.8. The van der Waals surface area contributed by atoms with Crippen LogP contribution in [0.4, 0.5) is 30.6 Å². The van der Waals surface area contributed by atoms with Crippen LogP contribution in [0.5, 0.6) is 0 Å². The van der Waals surface area contributed by atoms with Crippen LogP contribution in [0.3, 0.4) is 0 Å². The van der Waals surface area contributed by atoms with Gasteiger partial charge in [0.05, 0.1) is 156 Å². The molecule has 8 aliphatic rings. The first-order valence-corrected chi connectivity index (χ1v) is 34.7. The number of aromatic nitrogens is 9. The third-order valence-corrected chi connectivity index (χ3v) is 20.8. The maximum Gasteiger partial charge on any atom is 0.255 e. The van der Waals surface area contributed by atoms with E-state index in [-0.39, 0.29) is 113 Å². The fourth-order valence-corrected chi connectivity index (χ4v) is 15.8. The summed E-state index contributed by atoms with van der Waals surface area (Å²) in [5, 5.41) is 75.1. The number of nitrogens with zero attached hydrogens (tertiary/aromatic N) is 17. The van der Waals surface area contributed by atoms with E-state index in [9.17, 15) is 58.3 Å². The minimum atomic E-state index is -1.10.